The average molecular weight is 236 g/mol. The summed E-state index contributed by atoms with van der Waals surface area (Å²) in [5.41, 5.74) is 5.74. The summed E-state index contributed by atoms with van der Waals surface area (Å²) in [6.45, 7) is 6.30. The van der Waals surface area contributed by atoms with Crippen molar-refractivity contribution in [3.8, 4) is 0 Å². The quantitative estimate of drug-likeness (QED) is 0.814. The smallest absolute Gasteiger partial charge is 0.271 e. The summed E-state index contributed by atoms with van der Waals surface area (Å²) < 4.78 is 0. The summed E-state index contributed by atoms with van der Waals surface area (Å²) in [5.74, 6) is 0.630. The molecule has 1 heterocycles. The Morgan fingerprint density at radius 3 is 2.76 bits per heavy atom. The molecule has 0 aliphatic carbocycles. The van der Waals surface area contributed by atoms with Crippen LogP contribution in [0.3, 0.4) is 0 Å². The molecular formula is C12H20N4O. The van der Waals surface area contributed by atoms with Gasteiger partial charge in [-0.05, 0) is 19.3 Å². The summed E-state index contributed by atoms with van der Waals surface area (Å²) in [7, 11) is 0. The van der Waals surface area contributed by atoms with E-state index in [2.05, 4.69) is 29.1 Å². The van der Waals surface area contributed by atoms with Gasteiger partial charge in [0.15, 0.2) is 0 Å². The van der Waals surface area contributed by atoms with E-state index in [-0.39, 0.29) is 23.5 Å². The van der Waals surface area contributed by atoms with Gasteiger partial charge in [-0.15, -0.1) is 0 Å². The number of amides is 1. The molecule has 1 amide bonds. The predicted molar refractivity (Wildman–Crippen MR) is 67.4 cm³/mol. The van der Waals surface area contributed by atoms with Gasteiger partial charge in [-0.2, -0.15) is 0 Å². The number of hydrogen-bond donors (Lipinski definition) is 2. The Morgan fingerprint density at radius 1 is 1.47 bits per heavy atom. The van der Waals surface area contributed by atoms with Gasteiger partial charge in [0.2, 0.25) is 0 Å². The molecule has 2 unspecified atom stereocenters. The van der Waals surface area contributed by atoms with Crippen molar-refractivity contribution in [2.24, 2.45) is 5.92 Å². The fourth-order valence-electron chi connectivity index (χ4n) is 1.62. The lowest BCUT2D eigenvalue weighted by atomic mass is 10.0. The molecule has 1 aromatic heterocycles. The van der Waals surface area contributed by atoms with Crippen LogP contribution in [-0.2, 0) is 0 Å². The zero-order chi connectivity index (χ0) is 12.8. The molecule has 0 radical (unpaired) electrons. The average Bonchev–Trinajstić information content (AvgIpc) is 2.28. The second-order valence-electron chi connectivity index (χ2n) is 4.45. The van der Waals surface area contributed by atoms with E-state index >= 15 is 0 Å². The molecule has 1 aromatic rings. The van der Waals surface area contributed by atoms with Crippen molar-refractivity contribution < 1.29 is 4.79 Å². The van der Waals surface area contributed by atoms with Gasteiger partial charge in [-0.3, -0.25) is 9.78 Å². The number of nitrogens with one attached hydrogen (secondary N) is 1. The Bertz CT molecular complexity index is 381. The number of hydrogen-bond acceptors (Lipinski definition) is 4. The van der Waals surface area contributed by atoms with Crippen LogP contribution in [0.1, 0.15) is 44.1 Å². The van der Waals surface area contributed by atoms with Crippen LogP contribution in [0.5, 0.6) is 0 Å². The van der Waals surface area contributed by atoms with E-state index in [9.17, 15) is 4.79 Å². The highest BCUT2D eigenvalue weighted by atomic mass is 16.1. The number of carbonyl (C=O) groups excluding carboxylic acids is 1. The molecule has 0 spiro atoms. The van der Waals surface area contributed by atoms with Crippen LogP contribution in [0.2, 0.25) is 0 Å². The Kier molecular flexibility index (Phi) is 4.87. The number of rotatable bonds is 5. The minimum atomic E-state index is -0.222. The van der Waals surface area contributed by atoms with Crippen LogP contribution in [0.4, 0.5) is 5.82 Å². The molecule has 0 aliphatic rings. The molecule has 0 fully saturated rings. The highest BCUT2D eigenvalue weighted by Gasteiger charge is 2.13. The molecule has 0 aromatic carbocycles. The summed E-state index contributed by atoms with van der Waals surface area (Å²) >= 11 is 0. The predicted octanol–water partition coefficient (Wildman–Crippen LogP) is 1.61. The maximum absolute atomic E-state index is 11.8. The minimum Gasteiger partial charge on any atom is -0.382 e. The van der Waals surface area contributed by atoms with E-state index < -0.39 is 0 Å². The molecule has 1 rings (SSSR count). The largest absolute Gasteiger partial charge is 0.382 e. The van der Waals surface area contributed by atoms with Gasteiger partial charge < -0.3 is 11.1 Å². The number of nitrogens with zero attached hydrogens (tertiary/aromatic N) is 2. The van der Waals surface area contributed by atoms with E-state index in [1.54, 1.807) is 0 Å². The second-order valence-corrected chi connectivity index (χ2v) is 4.45. The maximum Gasteiger partial charge on any atom is 0.271 e. The first kappa shape index (κ1) is 13.4. The van der Waals surface area contributed by atoms with Gasteiger partial charge in [0.1, 0.15) is 11.5 Å². The van der Waals surface area contributed by atoms with Crippen LogP contribution in [0.25, 0.3) is 0 Å². The van der Waals surface area contributed by atoms with E-state index in [0.29, 0.717) is 5.92 Å². The summed E-state index contributed by atoms with van der Waals surface area (Å²) in [6, 6.07) is 0.126. The van der Waals surface area contributed by atoms with Crippen LogP contribution in [-0.4, -0.2) is 21.9 Å². The molecule has 3 N–H and O–H groups in total. The number of nitrogens with two attached hydrogens (primary N) is 1. The zero-order valence-electron chi connectivity index (χ0n) is 10.6. The lowest BCUT2D eigenvalue weighted by Gasteiger charge is -2.17. The van der Waals surface area contributed by atoms with Crippen molar-refractivity contribution >= 4 is 11.7 Å². The molecule has 0 bridgehead atoms. The van der Waals surface area contributed by atoms with Crippen molar-refractivity contribution in [3.05, 3.63) is 18.1 Å². The van der Waals surface area contributed by atoms with Crippen molar-refractivity contribution in [1.29, 1.82) is 0 Å². The second kappa shape index (κ2) is 6.18. The Balaban J connectivity index is 2.54. The molecule has 5 heteroatoms. The van der Waals surface area contributed by atoms with Gasteiger partial charge in [0.05, 0.1) is 12.4 Å². The molecule has 5 nitrogen and oxygen atoms in total. The molecule has 94 valence electrons. The van der Waals surface area contributed by atoms with Gasteiger partial charge >= 0.3 is 0 Å². The summed E-state index contributed by atoms with van der Waals surface area (Å²) in [4.78, 5) is 19.6. The molecule has 0 saturated heterocycles. The van der Waals surface area contributed by atoms with E-state index in [1.165, 1.54) is 12.4 Å². The van der Waals surface area contributed by atoms with Crippen LogP contribution >= 0.6 is 0 Å². The normalized spacial score (nSPS) is 14.1. The first-order valence-electron chi connectivity index (χ1n) is 5.91. The lowest BCUT2D eigenvalue weighted by molar-refractivity contribution is 0.0930. The maximum atomic E-state index is 11.8. The summed E-state index contributed by atoms with van der Waals surface area (Å²) in [6.07, 6.45) is 4.90. The number of carbonyl (C=O) groups is 1. The van der Waals surface area contributed by atoms with Crippen LogP contribution in [0, 0.1) is 5.92 Å². The van der Waals surface area contributed by atoms with E-state index in [4.69, 9.17) is 5.73 Å². The monoisotopic (exact) mass is 236 g/mol. The van der Waals surface area contributed by atoms with Crippen molar-refractivity contribution in [3.63, 3.8) is 0 Å². The van der Waals surface area contributed by atoms with Gasteiger partial charge in [0, 0.05) is 6.04 Å². The van der Waals surface area contributed by atoms with Crippen LogP contribution in [0.15, 0.2) is 12.4 Å². The molecular weight excluding hydrogens is 216 g/mol. The first-order valence-corrected chi connectivity index (χ1v) is 5.91. The zero-order valence-corrected chi connectivity index (χ0v) is 10.6. The molecule has 0 saturated carbocycles. The topological polar surface area (TPSA) is 80.9 Å². The summed E-state index contributed by atoms with van der Waals surface area (Å²) in [5, 5.41) is 2.89. The lowest BCUT2D eigenvalue weighted by Crippen LogP contribution is -2.34. The van der Waals surface area contributed by atoms with E-state index in [0.717, 1.165) is 12.8 Å². The van der Waals surface area contributed by atoms with E-state index in [1.807, 2.05) is 6.92 Å². The third-order valence-electron chi connectivity index (χ3n) is 2.72. The first-order chi connectivity index (χ1) is 8.02. The standard InChI is InChI=1S/C12H20N4O/c1-4-8(2)5-9(3)15-12(17)10-6-14-7-11(13)16-10/h6-9H,4-5H2,1-3H3,(H2,13,16)(H,15,17). The van der Waals surface area contributed by atoms with Gasteiger partial charge in [0.25, 0.3) is 5.91 Å². The Hall–Kier alpha value is -1.65. The fraction of sp³-hybridized carbons (Fsp3) is 0.583. The van der Waals surface area contributed by atoms with Crippen molar-refractivity contribution in [2.75, 3.05) is 5.73 Å². The molecule has 17 heavy (non-hydrogen) atoms. The number of aromatic nitrogens is 2. The third-order valence-corrected chi connectivity index (χ3v) is 2.72. The highest BCUT2D eigenvalue weighted by Crippen LogP contribution is 2.09. The van der Waals surface area contributed by atoms with Gasteiger partial charge in [-0.25, -0.2) is 4.98 Å². The fourth-order valence-corrected chi connectivity index (χ4v) is 1.62. The van der Waals surface area contributed by atoms with Crippen molar-refractivity contribution in [2.45, 2.75) is 39.7 Å². The minimum absolute atomic E-state index is 0.126. The number of nitrogen functional groups attached to an aromatic ring is 1. The SMILES string of the molecule is CCC(C)CC(C)NC(=O)c1cncc(N)n1. The number of anilines is 1. The Morgan fingerprint density at radius 2 is 2.18 bits per heavy atom. The molecule has 0 aliphatic heterocycles. The Labute approximate surface area is 102 Å². The van der Waals surface area contributed by atoms with Crippen LogP contribution < -0.4 is 11.1 Å². The third kappa shape index (κ3) is 4.38. The van der Waals surface area contributed by atoms with Gasteiger partial charge in [-0.1, -0.05) is 20.3 Å². The molecule has 2 atom stereocenters. The highest BCUT2D eigenvalue weighted by molar-refractivity contribution is 5.92. The van der Waals surface area contributed by atoms with Crippen molar-refractivity contribution in [1.82, 2.24) is 15.3 Å².